The number of carbonyl (C=O) groups is 2. The molecular formula is C13H15N3O2. The summed E-state index contributed by atoms with van der Waals surface area (Å²) in [6.07, 6.45) is 0. The van der Waals surface area contributed by atoms with Crippen molar-refractivity contribution in [3.05, 3.63) is 29.8 Å². The fraction of sp³-hybridized carbons (Fsp3) is 0.308. The summed E-state index contributed by atoms with van der Waals surface area (Å²) in [5.74, 6) is -0.233. The summed E-state index contributed by atoms with van der Waals surface area (Å²) in [5.41, 5.74) is 1.26. The van der Waals surface area contributed by atoms with Gasteiger partial charge in [0.05, 0.1) is 11.6 Å². The van der Waals surface area contributed by atoms with Gasteiger partial charge in [0.2, 0.25) is 11.8 Å². The highest BCUT2D eigenvalue weighted by Crippen LogP contribution is 2.14. The van der Waals surface area contributed by atoms with E-state index in [4.69, 9.17) is 5.26 Å². The van der Waals surface area contributed by atoms with Crippen molar-refractivity contribution in [3.63, 3.8) is 0 Å². The van der Waals surface area contributed by atoms with E-state index in [1.54, 1.807) is 29.2 Å². The third-order valence-electron chi connectivity index (χ3n) is 2.40. The number of hydrogen-bond donors (Lipinski definition) is 1. The molecule has 1 aromatic carbocycles. The second kappa shape index (κ2) is 6.40. The lowest BCUT2D eigenvalue weighted by Crippen LogP contribution is -2.36. The van der Waals surface area contributed by atoms with Crippen LogP contribution in [0.15, 0.2) is 24.3 Å². The van der Waals surface area contributed by atoms with Crippen LogP contribution in [0.1, 0.15) is 19.4 Å². The molecule has 0 aliphatic rings. The lowest BCUT2D eigenvalue weighted by molar-refractivity contribution is -0.119. The van der Waals surface area contributed by atoms with E-state index in [9.17, 15) is 9.59 Å². The molecule has 1 aromatic rings. The Hall–Kier alpha value is -2.35. The van der Waals surface area contributed by atoms with Crippen molar-refractivity contribution in [1.82, 2.24) is 5.32 Å². The molecule has 2 amide bonds. The first-order chi connectivity index (χ1) is 8.54. The molecule has 18 heavy (non-hydrogen) atoms. The maximum absolute atomic E-state index is 11.5. The minimum absolute atomic E-state index is 0.106. The van der Waals surface area contributed by atoms with Crippen molar-refractivity contribution in [2.75, 3.05) is 18.0 Å². The molecule has 0 aromatic heterocycles. The van der Waals surface area contributed by atoms with Crippen LogP contribution in [-0.4, -0.2) is 24.9 Å². The zero-order chi connectivity index (χ0) is 13.5. The van der Waals surface area contributed by atoms with Crippen LogP contribution in [0.5, 0.6) is 0 Å². The third kappa shape index (κ3) is 3.91. The number of nitrogens with one attached hydrogen (secondary N) is 1. The molecule has 0 bridgehead atoms. The molecule has 1 rings (SSSR count). The zero-order valence-electron chi connectivity index (χ0n) is 10.4. The van der Waals surface area contributed by atoms with Crippen LogP contribution in [0.3, 0.4) is 0 Å². The van der Waals surface area contributed by atoms with Gasteiger partial charge in [0.1, 0.15) is 0 Å². The van der Waals surface area contributed by atoms with E-state index in [1.807, 2.05) is 6.07 Å². The topological polar surface area (TPSA) is 73.2 Å². The molecule has 5 nitrogen and oxygen atoms in total. The van der Waals surface area contributed by atoms with E-state index in [0.717, 1.165) is 0 Å². The molecule has 0 atom stereocenters. The number of rotatable bonds is 4. The van der Waals surface area contributed by atoms with Gasteiger partial charge in [-0.15, -0.1) is 0 Å². The number of carbonyl (C=O) groups excluding carboxylic acids is 2. The molecule has 0 aliphatic heterocycles. The normalized spacial score (nSPS) is 9.39. The molecule has 0 radical (unpaired) electrons. The van der Waals surface area contributed by atoms with Crippen LogP contribution in [-0.2, 0) is 9.59 Å². The van der Waals surface area contributed by atoms with Gasteiger partial charge in [-0.2, -0.15) is 5.26 Å². The average molecular weight is 245 g/mol. The Morgan fingerprint density at radius 2 is 1.89 bits per heavy atom. The molecule has 0 saturated heterocycles. The van der Waals surface area contributed by atoms with Crippen molar-refractivity contribution in [2.45, 2.75) is 13.8 Å². The third-order valence-corrected chi connectivity index (χ3v) is 2.40. The highest BCUT2D eigenvalue weighted by molar-refractivity contribution is 5.91. The Kier molecular flexibility index (Phi) is 4.88. The predicted molar refractivity (Wildman–Crippen MR) is 67.9 cm³/mol. The fourth-order valence-corrected chi connectivity index (χ4v) is 1.53. The van der Waals surface area contributed by atoms with Crippen molar-refractivity contribution in [3.8, 4) is 6.07 Å². The van der Waals surface area contributed by atoms with E-state index in [0.29, 0.717) is 24.3 Å². The smallest absolute Gasteiger partial charge is 0.223 e. The second-order valence-corrected chi connectivity index (χ2v) is 3.81. The maximum atomic E-state index is 11.5. The molecule has 0 heterocycles. The number of amides is 2. The first-order valence-electron chi connectivity index (χ1n) is 5.57. The highest BCUT2D eigenvalue weighted by atomic mass is 16.2. The molecule has 94 valence electrons. The Morgan fingerprint density at radius 1 is 1.28 bits per heavy atom. The summed E-state index contributed by atoms with van der Waals surface area (Å²) >= 11 is 0. The lowest BCUT2D eigenvalue weighted by atomic mass is 10.2. The molecule has 0 saturated carbocycles. The molecular weight excluding hydrogens is 230 g/mol. The Bertz CT molecular complexity index is 474. The van der Waals surface area contributed by atoms with E-state index in [-0.39, 0.29) is 11.8 Å². The zero-order valence-corrected chi connectivity index (χ0v) is 10.4. The minimum Gasteiger partial charge on any atom is -0.355 e. The first kappa shape index (κ1) is 13.7. The Balaban J connectivity index is 2.74. The van der Waals surface area contributed by atoms with Gasteiger partial charge in [-0.25, -0.2) is 0 Å². The summed E-state index contributed by atoms with van der Waals surface area (Å²) in [4.78, 5) is 23.8. The van der Waals surface area contributed by atoms with E-state index < -0.39 is 0 Å². The quantitative estimate of drug-likeness (QED) is 0.861. The van der Waals surface area contributed by atoms with Crippen molar-refractivity contribution < 1.29 is 9.59 Å². The van der Waals surface area contributed by atoms with Gasteiger partial charge in [0.15, 0.2) is 0 Å². The molecule has 1 N–H and O–H groups in total. The van der Waals surface area contributed by atoms with Crippen molar-refractivity contribution >= 4 is 17.5 Å². The number of benzene rings is 1. The predicted octanol–water partition coefficient (Wildman–Crippen LogP) is 1.05. The maximum Gasteiger partial charge on any atom is 0.223 e. The van der Waals surface area contributed by atoms with Crippen molar-refractivity contribution in [1.29, 1.82) is 5.26 Å². The van der Waals surface area contributed by atoms with E-state index >= 15 is 0 Å². The monoisotopic (exact) mass is 245 g/mol. The van der Waals surface area contributed by atoms with Gasteiger partial charge >= 0.3 is 0 Å². The fourth-order valence-electron chi connectivity index (χ4n) is 1.53. The largest absolute Gasteiger partial charge is 0.355 e. The molecule has 0 spiro atoms. The number of nitriles is 1. The summed E-state index contributed by atoms with van der Waals surface area (Å²) in [6.45, 7) is 3.70. The van der Waals surface area contributed by atoms with Gasteiger partial charge in [-0.05, 0) is 24.3 Å². The summed E-state index contributed by atoms with van der Waals surface area (Å²) in [5, 5.41) is 11.3. The Morgan fingerprint density at radius 3 is 2.33 bits per heavy atom. The Labute approximate surface area is 106 Å². The van der Waals surface area contributed by atoms with Crippen LogP contribution in [0.2, 0.25) is 0 Å². The second-order valence-electron chi connectivity index (χ2n) is 3.81. The number of anilines is 1. The van der Waals surface area contributed by atoms with Crippen LogP contribution < -0.4 is 10.2 Å². The highest BCUT2D eigenvalue weighted by Gasteiger charge is 2.10. The van der Waals surface area contributed by atoms with Gasteiger partial charge in [0.25, 0.3) is 0 Å². The number of hydrogen-bond acceptors (Lipinski definition) is 3. The summed E-state index contributed by atoms with van der Waals surface area (Å²) in [6, 6.07) is 8.76. The van der Waals surface area contributed by atoms with Gasteiger partial charge in [0, 0.05) is 32.6 Å². The first-order valence-corrected chi connectivity index (χ1v) is 5.57. The van der Waals surface area contributed by atoms with Crippen LogP contribution in [0, 0.1) is 11.3 Å². The van der Waals surface area contributed by atoms with E-state index in [1.165, 1.54) is 13.8 Å². The molecule has 0 fully saturated rings. The lowest BCUT2D eigenvalue weighted by Gasteiger charge is -2.21. The number of nitrogens with zero attached hydrogens (tertiary/aromatic N) is 2. The van der Waals surface area contributed by atoms with Crippen LogP contribution in [0.4, 0.5) is 5.69 Å². The molecule has 0 unspecified atom stereocenters. The molecule has 5 heteroatoms. The van der Waals surface area contributed by atoms with Gasteiger partial charge < -0.3 is 10.2 Å². The van der Waals surface area contributed by atoms with Crippen LogP contribution in [0.25, 0.3) is 0 Å². The van der Waals surface area contributed by atoms with Crippen molar-refractivity contribution in [2.24, 2.45) is 0 Å². The van der Waals surface area contributed by atoms with Gasteiger partial charge in [-0.1, -0.05) is 0 Å². The SMILES string of the molecule is CC(=O)NCCN(C(C)=O)c1ccc(C#N)cc1. The molecule has 0 aliphatic carbocycles. The average Bonchev–Trinajstić information content (AvgIpc) is 2.34. The van der Waals surface area contributed by atoms with Gasteiger partial charge in [-0.3, -0.25) is 9.59 Å². The van der Waals surface area contributed by atoms with Crippen LogP contribution >= 0.6 is 0 Å². The van der Waals surface area contributed by atoms with E-state index in [2.05, 4.69) is 5.32 Å². The summed E-state index contributed by atoms with van der Waals surface area (Å²) < 4.78 is 0. The summed E-state index contributed by atoms with van der Waals surface area (Å²) in [7, 11) is 0. The minimum atomic E-state index is -0.127. The standard InChI is InChI=1S/C13H15N3O2/c1-10(17)15-7-8-16(11(2)18)13-5-3-12(9-14)4-6-13/h3-6H,7-8H2,1-2H3,(H,15,17).